The molecule has 0 aliphatic heterocycles. The van der Waals surface area contributed by atoms with Gasteiger partial charge in [0, 0.05) is 12.3 Å². The lowest BCUT2D eigenvalue weighted by Gasteiger charge is -2.21. The summed E-state index contributed by atoms with van der Waals surface area (Å²) in [6.45, 7) is 0.933. The molecule has 27 heavy (non-hydrogen) atoms. The zero-order valence-electron chi connectivity index (χ0n) is 16.2. The SMILES string of the molecule is CSCc1ccc2ccccc2c1-c1c(CN(C)C)ccc2ccccc12. The van der Waals surface area contributed by atoms with E-state index >= 15 is 0 Å². The van der Waals surface area contributed by atoms with Crippen LogP contribution in [0.15, 0.2) is 72.8 Å². The molecule has 0 unspecified atom stereocenters. The van der Waals surface area contributed by atoms with Gasteiger partial charge in [-0.05, 0) is 64.1 Å². The fourth-order valence-electron chi connectivity index (χ4n) is 3.97. The van der Waals surface area contributed by atoms with E-state index in [1.165, 1.54) is 43.8 Å². The largest absolute Gasteiger partial charge is 0.305 e. The van der Waals surface area contributed by atoms with Crippen molar-refractivity contribution in [3.8, 4) is 11.1 Å². The molecule has 4 rings (SSSR count). The highest BCUT2D eigenvalue weighted by atomic mass is 32.2. The first kappa shape index (κ1) is 18.1. The second kappa shape index (κ2) is 7.75. The van der Waals surface area contributed by atoms with Crippen LogP contribution < -0.4 is 0 Å². The molecule has 136 valence electrons. The molecule has 0 spiro atoms. The van der Waals surface area contributed by atoms with Crippen LogP contribution in [0.1, 0.15) is 11.1 Å². The molecule has 0 bridgehead atoms. The van der Waals surface area contributed by atoms with E-state index in [0.29, 0.717) is 0 Å². The quantitative estimate of drug-likeness (QED) is 0.389. The van der Waals surface area contributed by atoms with Crippen molar-refractivity contribution in [3.63, 3.8) is 0 Å². The summed E-state index contributed by atoms with van der Waals surface area (Å²) in [6, 6.07) is 26.7. The lowest BCUT2D eigenvalue weighted by Crippen LogP contribution is -2.12. The van der Waals surface area contributed by atoms with Crippen molar-refractivity contribution in [2.24, 2.45) is 0 Å². The van der Waals surface area contributed by atoms with Crippen LogP contribution in [0.25, 0.3) is 32.7 Å². The van der Waals surface area contributed by atoms with Gasteiger partial charge in [-0.3, -0.25) is 0 Å². The van der Waals surface area contributed by atoms with Crippen molar-refractivity contribution in [1.82, 2.24) is 4.90 Å². The van der Waals surface area contributed by atoms with Crippen LogP contribution in [0, 0.1) is 0 Å². The Morgan fingerprint density at radius 1 is 0.667 bits per heavy atom. The van der Waals surface area contributed by atoms with E-state index in [4.69, 9.17) is 0 Å². The van der Waals surface area contributed by atoms with Gasteiger partial charge in [0.2, 0.25) is 0 Å². The van der Waals surface area contributed by atoms with Crippen LogP contribution in [0.4, 0.5) is 0 Å². The maximum atomic E-state index is 2.31. The standard InChI is InChI=1S/C25H25NS/c1-26(2)16-20-14-12-18-8-4-6-10-22(18)24(20)25-21(17-27-3)15-13-19-9-5-7-11-23(19)25/h4-15H,16-17H2,1-3H3. The van der Waals surface area contributed by atoms with Gasteiger partial charge in [0.25, 0.3) is 0 Å². The average Bonchev–Trinajstić information content (AvgIpc) is 2.68. The number of hydrogen-bond acceptors (Lipinski definition) is 2. The third kappa shape index (κ3) is 3.47. The molecular weight excluding hydrogens is 346 g/mol. The van der Waals surface area contributed by atoms with Crippen LogP contribution >= 0.6 is 11.8 Å². The highest BCUT2D eigenvalue weighted by Gasteiger charge is 2.16. The summed E-state index contributed by atoms with van der Waals surface area (Å²) in [5.41, 5.74) is 5.59. The minimum absolute atomic E-state index is 0.933. The summed E-state index contributed by atoms with van der Waals surface area (Å²) in [5, 5.41) is 5.30. The number of rotatable bonds is 5. The first-order chi connectivity index (χ1) is 13.2. The molecule has 0 aliphatic carbocycles. The summed E-state index contributed by atoms with van der Waals surface area (Å²) in [7, 11) is 4.29. The molecule has 0 amide bonds. The molecule has 0 saturated carbocycles. The molecule has 0 heterocycles. The molecule has 0 saturated heterocycles. The predicted octanol–water partition coefficient (Wildman–Crippen LogP) is 6.58. The van der Waals surface area contributed by atoms with Crippen molar-refractivity contribution in [2.45, 2.75) is 12.3 Å². The molecule has 0 atom stereocenters. The summed E-state index contributed by atoms with van der Waals surface area (Å²) in [5.74, 6) is 1.02. The highest BCUT2D eigenvalue weighted by Crippen LogP contribution is 2.40. The van der Waals surface area contributed by atoms with E-state index in [2.05, 4.69) is 98.0 Å². The third-order valence-electron chi connectivity index (χ3n) is 5.07. The van der Waals surface area contributed by atoms with Gasteiger partial charge in [-0.2, -0.15) is 11.8 Å². The molecule has 0 fully saturated rings. The normalized spacial score (nSPS) is 11.6. The molecular formula is C25H25NS. The topological polar surface area (TPSA) is 3.24 Å². The predicted molar refractivity (Wildman–Crippen MR) is 122 cm³/mol. The number of fused-ring (bicyclic) bond motifs is 2. The van der Waals surface area contributed by atoms with E-state index in [-0.39, 0.29) is 0 Å². The minimum atomic E-state index is 0.933. The highest BCUT2D eigenvalue weighted by molar-refractivity contribution is 7.97. The van der Waals surface area contributed by atoms with Crippen molar-refractivity contribution in [2.75, 3.05) is 20.4 Å². The Balaban J connectivity index is 2.14. The molecule has 0 aromatic heterocycles. The summed E-state index contributed by atoms with van der Waals surface area (Å²) >= 11 is 1.89. The molecule has 2 heteroatoms. The van der Waals surface area contributed by atoms with Gasteiger partial charge >= 0.3 is 0 Å². The van der Waals surface area contributed by atoms with Crippen molar-refractivity contribution >= 4 is 33.3 Å². The molecule has 0 N–H and O–H groups in total. The Labute approximate surface area is 166 Å². The zero-order chi connectivity index (χ0) is 18.8. The number of hydrogen-bond donors (Lipinski definition) is 0. The summed E-state index contributed by atoms with van der Waals surface area (Å²) in [4.78, 5) is 2.26. The summed E-state index contributed by atoms with van der Waals surface area (Å²) in [6.07, 6.45) is 2.18. The van der Waals surface area contributed by atoms with E-state index in [1.54, 1.807) is 0 Å². The van der Waals surface area contributed by atoms with Crippen LogP contribution in [-0.4, -0.2) is 25.3 Å². The van der Waals surface area contributed by atoms with E-state index < -0.39 is 0 Å². The maximum Gasteiger partial charge on any atom is 0.0234 e. The first-order valence-corrected chi connectivity index (χ1v) is 10.7. The number of nitrogens with zero attached hydrogens (tertiary/aromatic N) is 1. The fraction of sp³-hybridized carbons (Fsp3) is 0.200. The van der Waals surface area contributed by atoms with Crippen LogP contribution in [-0.2, 0) is 12.3 Å². The Kier molecular flexibility index (Phi) is 5.20. The van der Waals surface area contributed by atoms with Gasteiger partial charge in [0.15, 0.2) is 0 Å². The van der Waals surface area contributed by atoms with Gasteiger partial charge in [-0.25, -0.2) is 0 Å². The minimum Gasteiger partial charge on any atom is -0.305 e. The van der Waals surface area contributed by atoms with Crippen molar-refractivity contribution in [3.05, 3.63) is 83.9 Å². The Morgan fingerprint density at radius 3 is 1.74 bits per heavy atom. The van der Waals surface area contributed by atoms with Crippen LogP contribution in [0.2, 0.25) is 0 Å². The van der Waals surface area contributed by atoms with Gasteiger partial charge in [0.1, 0.15) is 0 Å². The van der Waals surface area contributed by atoms with Gasteiger partial charge in [-0.1, -0.05) is 72.8 Å². The lowest BCUT2D eigenvalue weighted by molar-refractivity contribution is 0.403. The van der Waals surface area contributed by atoms with Gasteiger partial charge in [-0.15, -0.1) is 0 Å². The zero-order valence-corrected chi connectivity index (χ0v) is 17.0. The molecule has 1 nitrogen and oxygen atoms in total. The molecule has 0 aliphatic rings. The fourth-order valence-corrected chi connectivity index (χ4v) is 4.52. The monoisotopic (exact) mass is 371 g/mol. The molecule has 0 radical (unpaired) electrons. The van der Waals surface area contributed by atoms with Crippen LogP contribution in [0.3, 0.4) is 0 Å². The van der Waals surface area contributed by atoms with E-state index in [0.717, 1.165) is 12.3 Å². The average molecular weight is 372 g/mol. The maximum absolute atomic E-state index is 2.31. The number of benzene rings is 4. The van der Waals surface area contributed by atoms with Crippen molar-refractivity contribution < 1.29 is 0 Å². The third-order valence-corrected chi connectivity index (χ3v) is 5.67. The number of thioether (sulfide) groups is 1. The first-order valence-electron chi connectivity index (χ1n) is 9.34. The molecule has 4 aromatic carbocycles. The van der Waals surface area contributed by atoms with E-state index in [9.17, 15) is 0 Å². The smallest absolute Gasteiger partial charge is 0.0234 e. The van der Waals surface area contributed by atoms with Crippen molar-refractivity contribution in [1.29, 1.82) is 0 Å². The van der Waals surface area contributed by atoms with Crippen LogP contribution in [0.5, 0.6) is 0 Å². The molecule has 4 aromatic rings. The Morgan fingerprint density at radius 2 is 1.19 bits per heavy atom. The second-order valence-electron chi connectivity index (χ2n) is 7.31. The second-order valence-corrected chi connectivity index (χ2v) is 8.18. The Bertz CT molecular complexity index is 1100. The van der Waals surface area contributed by atoms with Gasteiger partial charge in [0.05, 0.1) is 0 Å². The van der Waals surface area contributed by atoms with E-state index in [1.807, 2.05) is 11.8 Å². The van der Waals surface area contributed by atoms with Gasteiger partial charge < -0.3 is 4.90 Å². The Hall–Kier alpha value is -2.29. The lowest BCUT2D eigenvalue weighted by atomic mass is 9.87. The summed E-state index contributed by atoms with van der Waals surface area (Å²) < 4.78 is 0.